The standard InChI is InChI=1S/C31H39N7O2S/c1-20(31-13-6-16-38(31)17-7-14-31)40-29-34-15-10-23(36-29)26(39)21-8-4-11-30(27(21)33)12-5-9-24-25(30)22(18-32)28(41-24)35-19-37(2)3/h10,15,19-20,33,39H,4-9,11-14,16-17H2,1-3H3/b26-21-,33-27?,35-19+/t20?,30-/m0/s1. The Bertz CT molecular complexity index is 1440. The molecular formula is C31H39N7O2S. The van der Waals surface area contributed by atoms with Crippen molar-refractivity contribution in [3.8, 4) is 12.1 Å². The van der Waals surface area contributed by atoms with Gasteiger partial charge in [-0.1, -0.05) is 0 Å². The number of nitriles is 1. The van der Waals surface area contributed by atoms with E-state index in [-0.39, 0.29) is 23.4 Å². The first kappa shape index (κ1) is 27.9. The molecule has 0 amide bonds. The van der Waals surface area contributed by atoms with E-state index in [1.807, 2.05) is 19.0 Å². The molecular weight excluding hydrogens is 534 g/mol. The molecule has 216 valence electrons. The van der Waals surface area contributed by atoms with Gasteiger partial charge in [0.05, 0.1) is 17.4 Å². The van der Waals surface area contributed by atoms with Gasteiger partial charge in [-0.05, 0) is 95.9 Å². The van der Waals surface area contributed by atoms with Crippen molar-refractivity contribution in [3.63, 3.8) is 0 Å². The van der Waals surface area contributed by atoms with Crippen LogP contribution < -0.4 is 4.74 Å². The highest BCUT2D eigenvalue weighted by Gasteiger charge is 2.50. The van der Waals surface area contributed by atoms with Crippen LogP contribution in [-0.2, 0) is 11.8 Å². The van der Waals surface area contributed by atoms with Crippen molar-refractivity contribution in [1.29, 1.82) is 10.7 Å². The molecule has 2 aromatic heterocycles. The summed E-state index contributed by atoms with van der Waals surface area (Å²) in [6.45, 7) is 4.35. The van der Waals surface area contributed by atoms with E-state index < -0.39 is 5.41 Å². The highest BCUT2D eigenvalue weighted by molar-refractivity contribution is 7.16. The SMILES string of the molecule is CC(Oc1nccc(/C(O)=C2\CCC[C@@]3(CCCc4sc(/N=C/N(C)C)c(C#N)c43)C2=N)n1)C12CCCN1CCC2. The van der Waals surface area contributed by atoms with E-state index in [1.165, 1.54) is 12.8 Å². The van der Waals surface area contributed by atoms with Gasteiger partial charge in [0.2, 0.25) is 0 Å². The second-order valence-corrected chi connectivity index (χ2v) is 13.3. The smallest absolute Gasteiger partial charge is 0.317 e. The van der Waals surface area contributed by atoms with Gasteiger partial charge in [-0.3, -0.25) is 4.90 Å². The number of thiophene rings is 1. The van der Waals surface area contributed by atoms with Gasteiger partial charge in [0.25, 0.3) is 0 Å². The maximum atomic E-state index is 11.6. The van der Waals surface area contributed by atoms with Gasteiger partial charge in [0, 0.05) is 41.9 Å². The van der Waals surface area contributed by atoms with Crippen molar-refractivity contribution in [2.24, 2.45) is 4.99 Å². The molecule has 2 atom stereocenters. The number of nitrogens with zero attached hydrogens (tertiary/aromatic N) is 6. The van der Waals surface area contributed by atoms with Crippen molar-refractivity contribution in [2.75, 3.05) is 27.2 Å². The van der Waals surface area contributed by atoms with Crippen molar-refractivity contribution in [1.82, 2.24) is 19.8 Å². The van der Waals surface area contributed by atoms with Crippen LogP contribution in [0.25, 0.3) is 5.76 Å². The number of nitrogens with one attached hydrogen (secondary N) is 1. The van der Waals surface area contributed by atoms with E-state index in [0.717, 1.165) is 68.5 Å². The predicted octanol–water partition coefficient (Wildman–Crippen LogP) is 5.77. The summed E-state index contributed by atoms with van der Waals surface area (Å²) in [7, 11) is 3.81. The zero-order valence-corrected chi connectivity index (χ0v) is 25.1. The molecule has 2 aliphatic carbocycles. The van der Waals surface area contributed by atoms with Crippen LogP contribution in [0.5, 0.6) is 6.01 Å². The number of hydrogen-bond donors (Lipinski definition) is 2. The van der Waals surface area contributed by atoms with E-state index >= 15 is 0 Å². The fourth-order valence-electron chi connectivity index (χ4n) is 7.79. The van der Waals surface area contributed by atoms with E-state index in [1.54, 1.807) is 29.9 Å². The van der Waals surface area contributed by atoms with E-state index in [4.69, 9.17) is 4.74 Å². The number of allylic oxidation sites excluding steroid dienone is 1. The summed E-state index contributed by atoms with van der Waals surface area (Å²) in [5.41, 5.74) is 2.36. The molecule has 9 nitrogen and oxygen atoms in total. The van der Waals surface area contributed by atoms with Crippen LogP contribution in [0.3, 0.4) is 0 Å². The lowest BCUT2D eigenvalue weighted by Gasteiger charge is -2.42. The maximum Gasteiger partial charge on any atom is 0.317 e. The van der Waals surface area contributed by atoms with Crippen LogP contribution in [-0.4, -0.2) is 75.8 Å². The third-order valence-electron chi connectivity index (χ3n) is 9.68. The summed E-state index contributed by atoms with van der Waals surface area (Å²) in [5.74, 6) is 0.0159. The van der Waals surface area contributed by atoms with Gasteiger partial charge >= 0.3 is 6.01 Å². The molecule has 10 heteroatoms. The summed E-state index contributed by atoms with van der Waals surface area (Å²) in [6.07, 6.45) is 12.7. The van der Waals surface area contributed by atoms with Crippen molar-refractivity contribution in [3.05, 3.63) is 39.5 Å². The Labute approximate surface area is 246 Å². The molecule has 1 saturated carbocycles. The number of aliphatic hydroxyl groups is 1. The van der Waals surface area contributed by atoms with Gasteiger partial charge in [-0.2, -0.15) is 10.2 Å². The summed E-state index contributed by atoms with van der Waals surface area (Å²) >= 11 is 1.57. The predicted molar refractivity (Wildman–Crippen MR) is 162 cm³/mol. The molecule has 41 heavy (non-hydrogen) atoms. The fraction of sp³-hybridized carbons (Fsp3) is 0.581. The molecule has 2 aliphatic heterocycles. The Hall–Kier alpha value is -3.29. The number of aryl methyl sites for hydroxylation is 1. The lowest BCUT2D eigenvalue weighted by atomic mass is 9.60. The molecule has 0 aromatic carbocycles. The van der Waals surface area contributed by atoms with Crippen LogP contribution in [0.4, 0.5) is 5.00 Å². The quantitative estimate of drug-likeness (QED) is 0.255. The van der Waals surface area contributed by atoms with Gasteiger partial charge in [0.15, 0.2) is 0 Å². The zero-order valence-electron chi connectivity index (χ0n) is 24.2. The third kappa shape index (κ3) is 4.63. The molecule has 2 N–H and O–H groups in total. The van der Waals surface area contributed by atoms with Crippen LogP contribution in [0.2, 0.25) is 0 Å². The Morgan fingerprint density at radius 1 is 1.22 bits per heavy atom. The van der Waals surface area contributed by atoms with Crippen LogP contribution in [0.15, 0.2) is 22.8 Å². The first-order chi connectivity index (χ1) is 19.8. The summed E-state index contributed by atoms with van der Waals surface area (Å²) in [5, 5.41) is 32.0. The average molecular weight is 574 g/mol. The van der Waals surface area contributed by atoms with E-state index in [9.17, 15) is 15.8 Å². The number of hydrogen-bond acceptors (Lipinski definition) is 9. The fourth-order valence-corrected chi connectivity index (χ4v) is 9.02. The Kier molecular flexibility index (Phi) is 7.37. The monoisotopic (exact) mass is 573 g/mol. The Morgan fingerprint density at radius 3 is 2.66 bits per heavy atom. The molecule has 4 aliphatic rings. The molecule has 2 aromatic rings. The number of aliphatic hydroxyl groups excluding tert-OH is 1. The summed E-state index contributed by atoms with van der Waals surface area (Å²) in [6, 6.07) is 4.38. The zero-order chi connectivity index (χ0) is 28.8. The molecule has 6 rings (SSSR count). The van der Waals surface area contributed by atoms with Crippen LogP contribution in [0, 0.1) is 16.7 Å². The lowest BCUT2D eigenvalue weighted by molar-refractivity contribution is 0.0403. The summed E-state index contributed by atoms with van der Waals surface area (Å²) in [4.78, 5) is 19.2. The van der Waals surface area contributed by atoms with Crippen LogP contribution >= 0.6 is 11.3 Å². The lowest BCUT2D eigenvalue weighted by Crippen LogP contribution is -2.50. The van der Waals surface area contributed by atoms with Gasteiger partial charge in [0.1, 0.15) is 28.6 Å². The van der Waals surface area contributed by atoms with Gasteiger partial charge in [-0.15, -0.1) is 11.3 Å². The second kappa shape index (κ2) is 10.8. The van der Waals surface area contributed by atoms with Crippen molar-refractivity contribution < 1.29 is 9.84 Å². The summed E-state index contributed by atoms with van der Waals surface area (Å²) < 4.78 is 6.33. The molecule has 3 fully saturated rings. The molecule has 0 bridgehead atoms. The molecule has 4 heterocycles. The highest BCUT2D eigenvalue weighted by Crippen LogP contribution is 2.53. The minimum atomic E-state index is -0.600. The minimum absolute atomic E-state index is 0.0159. The molecule has 1 unspecified atom stereocenters. The largest absolute Gasteiger partial charge is 0.505 e. The second-order valence-electron chi connectivity index (χ2n) is 12.2. The number of fused-ring (bicyclic) bond motifs is 3. The first-order valence-electron chi connectivity index (χ1n) is 14.8. The Balaban J connectivity index is 1.32. The Morgan fingerprint density at radius 2 is 1.95 bits per heavy atom. The molecule has 1 spiro atoms. The average Bonchev–Trinajstić information content (AvgIpc) is 3.66. The number of ether oxygens (including phenoxy) is 1. The van der Waals surface area contributed by atoms with Crippen LogP contribution in [0.1, 0.15) is 86.4 Å². The normalized spacial score (nSPS) is 25.7. The van der Waals surface area contributed by atoms with Crippen molar-refractivity contribution in [2.45, 2.75) is 88.2 Å². The van der Waals surface area contributed by atoms with E-state index in [0.29, 0.717) is 34.0 Å². The van der Waals surface area contributed by atoms with Gasteiger partial charge < -0.3 is 20.2 Å². The topological polar surface area (TPSA) is 122 Å². The maximum absolute atomic E-state index is 11.6. The van der Waals surface area contributed by atoms with Gasteiger partial charge in [-0.25, -0.2) is 9.98 Å². The number of rotatable bonds is 6. The number of aromatic nitrogens is 2. The molecule has 0 radical (unpaired) electrons. The highest BCUT2D eigenvalue weighted by atomic mass is 32.1. The van der Waals surface area contributed by atoms with E-state index in [2.05, 4.69) is 32.9 Å². The van der Waals surface area contributed by atoms with Crippen molar-refractivity contribution >= 4 is 34.1 Å². The molecule has 2 saturated heterocycles. The third-order valence-corrected chi connectivity index (χ3v) is 10.8. The number of aliphatic imine (C=N–C) groups is 1. The minimum Gasteiger partial charge on any atom is -0.505 e. The first-order valence-corrected chi connectivity index (χ1v) is 15.6.